The summed E-state index contributed by atoms with van der Waals surface area (Å²) in [5, 5.41) is 3.25. The number of nitrogens with zero attached hydrogens (tertiary/aromatic N) is 3. The molecule has 164 valence electrons. The van der Waals surface area contributed by atoms with Crippen molar-refractivity contribution in [3.63, 3.8) is 0 Å². The highest BCUT2D eigenvalue weighted by atomic mass is 35.5. The van der Waals surface area contributed by atoms with Crippen molar-refractivity contribution in [1.82, 2.24) is 13.9 Å². The number of anilines is 1. The van der Waals surface area contributed by atoms with Crippen LogP contribution in [0.3, 0.4) is 0 Å². The predicted octanol–water partition coefficient (Wildman–Crippen LogP) is 2.23. The number of sulfonamides is 1. The number of carbonyl (C=O) groups is 1. The van der Waals surface area contributed by atoms with E-state index in [-0.39, 0.29) is 34.3 Å². The number of rotatable bonds is 4. The van der Waals surface area contributed by atoms with E-state index in [0.29, 0.717) is 33.9 Å². The van der Waals surface area contributed by atoms with Crippen LogP contribution in [0.1, 0.15) is 15.2 Å². The number of fused-ring (bicyclic) bond motifs is 1. The van der Waals surface area contributed by atoms with Gasteiger partial charge in [-0.1, -0.05) is 11.6 Å². The highest BCUT2D eigenvalue weighted by Gasteiger charge is 2.27. The molecule has 1 aromatic carbocycles. The molecule has 0 bridgehead atoms. The van der Waals surface area contributed by atoms with Crippen LogP contribution in [-0.4, -0.2) is 54.5 Å². The fraction of sp³-hybridized carbons (Fsp3) is 0.316. The Morgan fingerprint density at radius 1 is 1.29 bits per heavy atom. The normalized spacial score (nSPS) is 15.3. The minimum atomic E-state index is -3.75. The molecule has 1 fully saturated rings. The second kappa shape index (κ2) is 8.32. The largest absolute Gasteiger partial charge is 0.379 e. The summed E-state index contributed by atoms with van der Waals surface area (Å²) < 4.78 is 33.7. The van der Waals surface area contributed by atoms with Crippen molar-refractivity contribution in [3.8, 4) is 0 Å². The second-order valence-electron chi connectivity index (χ2n) is 7.01. The first kappa shape index (κ1) is 21.9. The van der Waals surface area contributed by atoms with Crippen molar-refractivity contribution in [2.75, 3.05) is 31.6 Å². The molecular formula is C19H19ClN4O5S2. The molecule has 9 nitrogen and oxygen atoms in total. The van der Waals surface area contributed by atoms with Crippen molar-refractivity contribution >= 4 is 54.8 Å². The summed E-state index contributed by atoms with van der Waals surface area (Å²) in [7, 11) is -2.16. The molecule has 4 rings (SSSR count). The maximum Gasteiger partial charge on any atom is 0.266 e. The molecule has 3 aromatic rings. The van der Waals surface area contributed by atoms with Gasteiger partial charge in [0.05, 0.1) is 45.4 Å². The molecule has 12 heteroatoms. The van der Waals surface area contributed by atoms with Gasteiger partial charge in [0.25, 0.3) is 11.5 Å². The van der Waals surface area contributed by atoms with E-state index in [4.69, 9.17) is 16.3 Å². The van der Waals surface area contributed by atoms with Crippen LogP contribution in [-0.2, 0) is 21.8 Å². The number of aromatic nitrogens is 2. The van der Waals surface area contributed by atoms with Gasteiger partial charge in [-0.2, -0.15) is 4.31 Å². The molecule has 0 unspecified atom stereocenters. The lowest BCUT2D eigenvalue weighted by molar-refractivity contribution is 0.0730. The number of ether oxygens (including phenoxy) is 1. The van der Waals surface area contributed by atoms with Gasteiger partial charge in [-0.15, -0.1) is 11.3 Å². The molecule has 0 saturated carbocycles. The van der Waals surface area contributed by atoms with E-state index < -0.39 is 15.9 Å². The van der Waals surface area contributed by atoms with E-state index in [1.54, 1.807) is 14.0 Å². The topological polar surface area (TPSA) is 111 Å². The first-order valence-corrected chi connectivity index (χ1v) is 12.0. The standard InChI is InChI=1S/C19H19ClN4O5S2/c1-11-15-18(21-10-23(2)19(15)26)30-16(11)17(25)22-14-9-12(3-4-13(14)20)31(27,28)24-5-7-29-8-6-24/h3-4,9-10H,5-8H2,1-2H3,(H,22,25). The van der Waals surface area contributed by atoms with E-state index >= 15 is 0 Å². The number of morpholine rings is 1. The van der Waals surface area contributed by atoms with Crippen LogP contribution in [0.4, 0.5) is 5.69 Å². The average molecular weight is 483 g/mol. The van der Waals surface area contributed by atoms with Crippen LogP contribution >= 0.6 is 22.9 Å². The van der Waals surface area contributed by atoms with Crippen LogP contribution in [0.15, 0.2) is 34.2 Å². The van der Waals surface area contributed by atoms with Gasteiger partial charge in [-0.05, 0) is 30.7 Å². The Labute approximate surface area is 187 Å². The van der Waals surface area contributed by atoms with E-state index in [1.165, 1.54) is 33.4 Å². The van der Waals surface area contributed by atoms with Crippen LogP contribution in [0, 0.1) is 6.92 Å². The Morgan fingerprint density at radius 3 is 2.71 bits per heavy atom. The van der Waals surface area contributed by atoms with E-state index in [1.807, 2.05) is 0 Å². The van der Waals surface area contributed by atoms with Crippen molar-refractivity contribution in [2.24, 2.45) is 7.05 Å². The highest BCUT2D eigenvalue weighted by Crippen LogP contribution is 2.31. The molecule has 1 aliphatic rings. The third-order valence-electron chi connectivity index (χ3n) is 5.01. The molecule has 2 aromatic heterocycles. The Bertz CT molecular complexity index is 1340. The lowest BCUT2D eigenvalue weighted by atomic mass is 10.2. The third kappa shape index (κ3) is 3.99. The van der Waals surface area contributed by atoms with Gasteiger partial charge in [0.15, 0.2) is 0 Å². The molecule has 0 radical (unpaired) electrons. The first-order valence-electron chi connectivity index (χ1n) is 9.33. The Kier molecular flexibility index (Phi) is 5.88. The van der Waals surface area contributed by atoms with Gasteiger partial charge in [0.2, 0.25) is 10.0 Å². The number of benzene rings is 1. The minimum Gasteiger partial charge on any atom is -0.379 e. The Morgan fingerprint density at radius 2 is 2.00 bits per heavy atom. The van der Waals surface area contributed by atoms with Crippen molar-refractivity contribution in [2.45, 2.75) is 11.8 Å². The fourth-order valence-electron chi connectivity index (χ4n) is 3.30. The van der Waals surface area contributed by atoms with Gasteiger partial charge in [0.1, 0.15) is 4.83 Å². The number of thiophene rings is 1. The molecular weight excluding hydrogens is 464 g/mol. The summed E-state index contributed by atoms with van der Waals surface area (Å²) in [6.07, 6.45) is 1.40. The molecule has 0 spiro atoms. The molecule has 1 saturated heterocycles. The van der Waals surface area contributed by atoms with E-state index in [2.05, 4.69) is 10.3 Å². The number of hydrogen-bond donors (Lipinski definition) is 1. The monoisotopic (exact) mass is 482 g/mol. The third-order valence-corrected chi connectivity index (χ3v) is 8.43. The zero-order valence-electron chi connectivity index (χ0n) is 16.7. The quantitative estimate of drug-likeness (QED) is 0.610. The highest BCUT2D eigenvalue weighted by molar-refractivity contribution is 7.89. The number of aryl methyl sites for hydroxylation is 2. The van der Waals surface area contributed by atoms with Crippen LogP contribution in [0.2, 0.25) is 5.02 Å². The van der Waals surface area contributed by atoms with Gasteiger partial charge in [-0.25, -0.2) is 13.4 Å². The summed E-state index contributed by atoms with van der Waals surface area (Å²) in [6.45, 7) is 2.85. The number of amides is 1. The lowest BCUT2D eigenvalue weighted by Gasteiger charge is -2.26. The zero-order chi connectivity index (χ0) is 22.3. The average Bonchev–Trinajstić information content (AvgIpc) is 3.10. The molecule has 31 heavy (non-hydrogen) atoms. The maximum atomic E-state index is 12.9. The zero-order valence-corrected chi connectivity index (χ0v) is 19.1. The molecule has 1 aliphatic heterocycles. The Hall–Kier alpha value is -2.31. The molecule has 1 N–H and O–H groups in total. The van der Waals surface area contributed by atoms with Gasteiger partial charge in [0, 0.05) is 20.1 Å². The predicted molar refractivity (Wildman–Crippen MR) is 119 cm³/mol. The van der Waals surface area contributed by atoms with Crippen molar-refractivity contribution in [1.29, 1.82) is 0 Å². The second-order valence-corrected chi connectivity index (χ2v) is 10.4. The van der Waals surface area contributed by atoms with Crippen LogP contribution < -0.4 is 10.9 Å². The number of hydrogen-bond acceptors (Lipinski definition) is 7. The van der Waals surface area contributed by atoms with Crippen molar-refractivity contribution < 1.29 is 17.9 Å². The fourth-order valence-corrected chi connectivity index (χ4v) is 5.94. The summed E-state index contributed by atoms with van der Waals surface area (Å²) in [5.74, 6) is -0.495. The first-order chi connectivity index (χ1) is 14.7. The summed E-state index contributed by atoms with van der Waals surface area (Å²) in [4.78, 5) is 30.3. The Balaban J connectivity index is 1.67. The number of carbonyl (C=O) groups excluding carboxylic acids is 1. The van der Waals surface area contributed by atoms with Gasteiger partial charge in [-0.3, -0.25) is 9.59 Å². The molecule has 0 atom stereocenters. The summed E-state index contributed by atoms with van der Waals surface area (Å²) in [5.41, 5.74) is 0.438. The summed E-state index contributed by atoms with van der Waals surface area (Å²) in [6, 6.07) is 4.17. The van der Waals surface area contributed by atoms with E-state index in [0.717, 1.165) is 11.3 Å². The summed E-state index contributed by atoms with van der Waals surface area (Å²) >= 11 is 7.32. The van der Waals surface area contributed by atoms with Gasteiger partial charge >= 0.3 is 0 Å². The molecule has 1 amide bonds. The van der Waals surface area contributed by atoms with Crippen LogP contribution in [0.5, 0.6) is 0 Å². The SMILES string of the molecule is Cc1c(C(=O)Nc2cc(S(=O)(=O)N3CCOCC3)ccc2Cl)sc2ncn(C)c(=O)c12. The minimum absolute atomic E-state index is 0.0256. The maximum absolute atomic E-state index is 12.9. The van der Waals surface area contributed by atoms with Crippen molar-refractivity contribution in [3.05, 3.63) is 50.3 Å². The number of halogens is 1. The lowest BCUT2D eigenvalue weighted by Crippen LogP contribution is -2.40. The van der Waals surface area contributed by atoms with Crippen LogP contribution in [0.25, 0.3) is 10.2 Å². The molecule has 0 aliphatic carbocycles. The molecule has 3 heterocycles. The smallest absolute Gasteiger partial charge is 0.266 e. The van der Waals surface area contributed by atoms with E-state index in [9.17, 15) is 18.0 Å². The van der Waals surface area contributed by atoms with Gasteiger partial charge < -0.3 is 14.6 Å². The number of nitrogens with one attached hydrogen (secondary N) is 1.